The highest BCUT2D eigenvalue weighted by molar-refractivity contribution is 5.17. The van der Waals surface area contributed by atoms with Crippen molar-refractivity contribution in [3.05, 3.63) is 35.4 Å². The molecule has 2 aliphatic rings. The molecule has 0 aliphatic carbocycles. The van der Waals surface area contributed by atoms with Gasteiger partial charge < -0.3 is 0 Å². The number of hydrogen-bond acceptors (Lipinski definition) is 3. The zero-order chi connectivity index (χ0) is 17.1. The standard InChI is InChI=1S/C19H29F2N3/c1-15-3-4-16(2)24(15)10-9-22-5-7-23(8-6-22)14-17-11-18(20)13-19(21)12-17/h11-13,15-16H,3-10,14H2,1-2H3/t15-,16-/m1/s1. The van der Waals surface area contributed by atoms with E-state index in [-0.39, 0.29) is 0 Å². The molecule has 0 bridgehead atoms. The number of piperazine rings is 1. The molecule has 0 unspecified atom stereocenters. The van der Waals surface area contributed by atoms with Crippen molar-refractivity contribution < 1.29 is 8.78 Å². The van der Waals surface area contributed by atoms with E-state index in [2.05, 4.69) is 28.5 Å². The van der Waals surface area contributed by atoms with Crippen molar-refractivity contribution in [3.63, 3.8) is 0 Å². The Hall–Kier alpha value is -1.04. The molecular formula is C19H29F2N3. The van der Waals surface area contributed by atoms with E-state index in [1.807, 2.05) is 0 Å². The molecule has 0 N–H and O–H groups in total. The second-order valence-electron chi connectivity index (χ2n) is 7.41. The lowest BCUT2D eigenvalue weighted by Crippen LogP contribution is -2.48. The Morgan fingerprint density at radius 3 is 1.96 bits per heavy atom. The summed E-state index contributed by atoms with van der Waals surface area (Å²) < 4.78 is 26.6. The maximum absolute atomic E-state index is 13.3. The predicted molar refractivity (Wildman–Crippen MR) is 92.9 cm³/mol. The lowest BCUT2D eigenvalue weighted by atomic mass is 10.2. The first kappa shape index (κ1) is 17.8. The van der Waals surface area contributed by atoms with E-state index in [9.17, 15) is 8.78 Å². The van der Waals surface area contributed by atoms with E-state index in [0.717, 1.165) is 50.9 Å². The Morgan fingerprint density at radius 1 is 0.833 bits per heavy atom. The second-order valence-corrected chi connectivity index (χ2v) is 7.41. The molecule has 2 aliphatic heterocycles. The molecule has 24 heavy (non-hydrogen) atoms. The molecule has 3 rings (SSSR count). The van der Waals surface area contributed by atoms with Crippen LogP contribution in [0.15, 0.2) is 18.2 Å². The molecular weight excluding hydrogens is 308 g/mol. The summed E-state index contributed by atoms with van der Waals surface area (Å²) in [6.45, 7) is 11.6. The van der Waals surface area contributed by atoms with Crippen molar-refractivity contribution in [1.29, 1.82) is 0 Å². The number of rotatable bonds is 5. The van der Waals surface area contributed by atoms with E-state index >= 15 is 0 Å². The van der Waals surface area contributed by atoms with Crippen molar-refractivity contribution in [3.8, 4) is 0 Å². The monoisotopic (exact) mass is 337 g/mol. The van der Waals surface area contributed by atoms with Gasteiger partial charge in [0.1, 0.15) is 11.6 Å². The quantitative estimate of drug-likeness (QED) is 0.818. The van der Waals surface area contributed by atoms with E-state index in [1.165, 1.54) is 25.0 Å². The van der Waals surface area contributed by atoms with Crippen LogP contribution in [0, 0.1) is 11.6 Å². The fraction of sp³-hybridized carbons (Fsp3) is 0.684. The fourth-order valence-corrected chi connectivity index (χ4v) is 4.08. The van der Waals surface area contributed by atoms with Crippen LogP contribution in [0.1, 0.15) is 32.3 Å². The second kappa shape index (κ2) is 7.89. The minimum Gasteiger partial charge on any atom is -0.300 e. The van der Waals surface area contributed by atoms with Gasteiger partial charge in [0.05, 0.1) is 0 Å². The lowest BCUT2D eigenvalue weighted by Gasteiger charge is -2.36. The van der Waals surface area contributed by atoms with Gasteiger partial charge in [0.2, 0.25) is 0 Å². The highest BCUT2D eigenvalue weighted by Gasteiger charge is 2.27. The zero-order valence-electron chi connectivity index (χ0n) is 14.8. The van der Waals surface area contributed by atoms with Gasteiger partial charge in [-0.2, -0.15) is 0 Å². The maximum Gasteiger partial charge on any atom is 0.126 e. The number of halogens is 2. The minimum atomic E-state index is -0.488. The van der Waals surface area contributed by atoms with Gasteiger partial charge in [0, 0.05) is 64.0 Å². The third-order valence-corrected chi connectivity index (χ3v) is 5.60. The first-order chi connectivity index (χ1) is 11.5. The van der Waals surface area contributed by atoms with Gasteiger partial charge in [-0.05, 0) is 44.4 Å². The molecule has 3 nitrogen and oxygen atoms in total. The fourth-order valence-electron chi connectivity index (χ4n) is 4.08. The molecule has 0 saturated carbocycles. The SMILES string of the molecule is C[C@@H]1CC[C@@H](C)N1CCN1CCN(Cc2cc(F)cc(F)c2)CC1. The van der Waals surface area contributed by atoms with Crippen LogP contribution in [-0.4, -0.2) is 66.1 Å². The van der Waals surface area contributed by atoms with Crippen LogP contribution in [0.4, 0.5) is 8.78 Å². The predicted octanol–water partition coefficient (Wildman–Crippen LogP) is 2.96. The molecule has 2 saturated heterocycles. The Bertz CT molecular complexity index is 513. The van der Waals surface area contributed by atoms with Gasteiger partial charge in [-0.25, -0.2) is 8.78 Å². The first-order valence-electron chi connectivity index (χ1n) is 9.16. The van der Waals surface area contributed by atoms with Crippen LogP contribution < -0.4 is 0 Å². The summed E-state index contributed by atoms with van der Waals surface area (Å²) in [6.07, 6.45) is 2.64. The number of nitrogens with zero attached hydrogens (tertiary/aromatic N) is 3. The van der Waals surface area contributed by atoms with Crippen molar-refractivity contribution in [2.24, 2.45) is 0 Å². The number of benzene rings is 1. The average molecular weight is 337 g/mol. The zero-order valence-corrected chi connectivity index (χ0v) is 14.8. The van der Waals surface area contributed by atoms with Crippen molar-refractivity contribution in [2.45, 2.75) is 45.3 Å². The van der Waals surface area contributed by atoms with Crippen molar-refractivity contribution >= 4 is 0 Å². The van der Waals surface area contributed by atoms with Crippen molar-refractivity contribution in [2.75, 3.05) is 39.3 Å². The summed E-state index contributed by atoms with van der Waals surface area (Å²) in [7, 11) is 0. The topological polar surface area (TPSA) is 9.72 Å². The molecule has 134 valence electrons. The van der Waals surface area contributed by atoms with Crippen LogP contribution >= 0.6 is 0 Å². The van der Waals surface area contributed by atoms with Crippen molar-refractivity contribution in [1.82, 2.24) is 14.7 Å². The van der Waals surface area contributed by atoms with E-state index in [0.29, 0.717) is 18.6 Å². The van der Waals surface area contributed by atoms with Gasteiger partial charge in [-0.3, -0.25) is 14.7 Å². The van der Waals surface area contributed by atoms with Gasteiger partial charge in [-0.1, -0.05) is 0 Å². The summed E-state index contributed by atoms with van der Waals surface area (Å²) in [5.41, 5.74) is 0.723. The smallest absolute Gasteiger partial charge is 0.126 e. The molecule has 0 amide bonds. The molecule has 1 aromatic rings. The van der Waals surface area contributed by atoms with Gasteiger partial charge in [-0.15, -0.1) is 0 Å². The van der Waals surface area contributed by atoms with E-state index in [4.69, 9.17) is 0 Å². The summed E-state index contributed by atoms with van der Waals surface area (Å²) >= 11 is 0. The van der Waals surface area contributed by atoms with Crippen LogP contribution in [-0.2, 0) is 6.54 Å². The largest absolute Gasteiger partial charge is 0.300 e. The molecule has 2 fully saturated rings. The Kier molecular flexibility index (Phi) is 5.85. The summed E-state index contributed by atoms with van der Waals surface area (Å²) in [4.78, 5) is 7.42. The molecule has 0 radical (unpaired) electrons. The summed E-state index contributed by atoms with van der Waals surface area (Å²) in [5, 5.41) is 0. The van der Waals surface area contributed by atoms with Crippen LogP contribution in [0.3, 0.4) is 0 Å². The van der Waals surface area contributed by atoms with Gasteiger partial charge >= 0.3 is 0 Å². The van der Waals surface area contributed by atoms with E-state index < -0.39 is 11.6 Å². The number of hydrogen-bond donors (Lipinski definition) is 0. The first-order valence-corrected chi connectivity index (χ1v) is 9.16. The third kappa shape index (κ3) is 4.52. The maximum atomic E-state index is 13.3. The lowest BCUT2D eigenvalue weighted by molar-refractivity contribution is 0.106. The Morgan fingerprint density at radius 2 is 1.38 bits per heavy atom. The average Bonchev–Trinajstić information content (AvgIpc) is 2.84. The molecule has 0 aromatic heterocycles. The minimum absolute atomic E-state index is 0.488. The van der Waals surface area contributed by atoms with Gasteiger partial charge in [0.25, 0.3) is 0 Å². The molecule has 2 heterocycles. The van der Waals surface area contributed by atoms with E-state index in [1.54, 1.807) is 0 Å². The molecule has 2 atom stereocenters. The highest BCUT2D eigenvalue weighted by Crippen LogP contribution is 2.23. The van der Waals surface area contributed by atoms with Crippen LogP contribution in [0.25, 0.3) is 0 Å². The molecule has 5 heteroatoms. The van der Waals surface area contributed by atoms with Crippen LogP contribution in [0.2, 0.25) is 0 Å². The normalized spacial score (nSPS) is 27.0. The summed E-state index contributed by atoms with van der Waals surface area (Å²) in [5.74, 6) is -0.977. The Labute approximate surface area is 144 Å². The highest BCUT2D eigenvalue weighted by atomic mass is 19.1. The molecule has 1 aromatic carbocycles. The number of likely N-dealkylation sites (tertiary alicyclic amines) is 1. The van der Waals surface area contributed by atoms with Gasteiger partial charge in [0.15, 0.2) is 0 Å². The molecule has 0 spiro atoms. The Balaban J connectivity index is 1.42. The third-order valence-electron chi connectivity index (χ3n) is 5.60. The van der Waals surface area contributed by atoms with Crippen LogP contribution in [0.5, 0.6) is 0 Å². The summed E-state index contributed by atoms with van der Waals surface area (Å²) in [6, 6.07) is 5.23.